The quantitative estimate of drug-likeness (QED) is 0.139. The maximum absolute atomic E-state index is 10.5. The van der Waals surface area contributed by atoms with Gasteiger partial charge in [0.05, 0.1) is 6.61 Å². The van der Waals surface area contributed by atoms with Crippen LogP contribution in [0.5, 0.6) is 0 Å². The maximum atomic E-state index is 10.5. The number of hydrogen-bond acceptors (Lipinski definition) is 2. The summed E-state index contributed by atoms with van der Waals surface area (Å²) in [5.74, 6) is 0. The zero-order chi connectivity index (χ0) is 24.2. The monoisotopic (exact) mass is 462 g/mol. The smallest absolute Gasteiger partial charge is 0.261 e. The molecular formula is C30H42O2Si. The second kappa shape index (κ2) is 13.5. The SMILES string of the molecule is C/C=C(/C=C(\C)CCCCCCC=O)CO[Si](c1ccccc1)(c1ccccc1)C(C)(C)C. The van der Waals surface area contributed by atoms with Crippen molar-refractivity contribution in [2.75, 3.05) is 6.61 Å². The highest BCUT2D eigenvalue weighted by Gasteiger charge is 2.50. The molecule has 0 saturated heterocycles. The van der Waals surface area contributed by atoms with Crippen LogP contribution in [-0.4, -0.2) is 21.2 Å². The number of benzene rings is 2. The molecule has 2 aromatic rings. The topological polar surface area (TPSA) is 26.3 Å². The van der Waals surface area contributed by atoms with Crippen LogP contribution in [0, 0.1) is 0 Å². The molecule has 0 aliphatic carbocycles. The molecule has 178 valence electrons. The Labute approximate surface area is 202 Å². The van der Waals surface area contributed by atoms with E-state index in [2.05, 4.69) is 107 Å². The Balaban J connectivity index is 2.22. The summed E-state index contributed by atoms with van der Waals surface area (Å²) >= 11 is 0. The molecular weight excluding hydrogens is 420 g/mol. The summed E-state index contributed by atoms with van der Waals surface area (Å²) in [6.45, 7) is 11.9. The third kappa shape index (κ3) is 7.65. The van der Waals surface area contributed by atoms with Crippen LogP contribution in [-0.2, 0) is 9.22 Å². The van der Waals surface area contributed by atoms with Gasteiger partial charge in [0.2, 0.25) is 0 Å². The molecule has 0 spiro atoms. The van der Waals surface area contributed by atoms with Crippen molar-refractivity contribution in [3.63, 3.8) is 0 Å². The summed E-state index contributed by atoms with van der Waals surface area (Å²) in [6, 6.07) is 21.6. The van der Waals surface area contributed by atoms with Gasteiger partial charge < -0.3 is 9.22 Å². The Morgan fingerprint density at radius 1 is 0.879 bits per heavy atom. The van der Waals surface area contributed by atoms with Crippen molar-refractivity contribution in [1.29, 1.82) is 0 Å². The fourth-order valence-corrected chi connectivity index (χ4v) is 9.07. The van der Waals surface area contributed by atoms with E-state index < -0.39 is 8.32 Å². The largest absolute Gasteiger partial charge is 0.403 e. The van der Waals surface area contributed by atoms with Crippen LogP contribution in [0.4, 0.5) is 0 Å². The predicted octanol–water partition coefficient (Wildman–Crippen LogP) is 7.00. The van der Waals surface area contributed by atoms with Crippen molar-refractivity contribution in [2.45, 2.75) is 78.2 Å². The summed E-state index contributed by atoms with van der Waals surface area (Å²) in [7, 11) is -2.52. The van der Waals surface area contributed by atoms with Crippen molar-refractivity contribution in [1.82, 2.24) is 0 Å². The van der Waals surface area contributed by atoms with Crippen molar-refractivity contribution < 1.29 is 9.22 Å². The molecule has 0 heterocycles. The van der Waals surface area contributed by atoms with E-state index in [0.717, 1.165) is 25.5 Å². The molecule has 0 fully saturated rings. The van der Waals surface area contributed by atoms with Crippen LogP contribution < -0.4 is 10.4 Å². The number of carbonyl (C=O) groups is 1. The Morgan fingerprint density at radius 2 is 1.42 bits per heavy atom. The average molecular weight is 463 g/mol. The second-order valence-corrected chi connectivity index (χ2v) is 14.2. The number of aldehydes is 1. The Kier molecular flexibility index (Phi) is 11.0. The lowest BCUT2D eigenvalue weighted by Crippen LogP contribution is -2.66. The van der Waals surface area contributed by atoms with Gasteiger partial charge in [0.1, 0.15) is 6.29 Å². The summed E-state index contributed by atoms with van der Waals surface area (Å²) in [6.07, 6.45) is 11.8. The van der Waals surface area contributed by atoms with E-state index >= 15 is 0 Å². The van der Waals surface area contributed by atoms with Gasteiger partial charge in [-0.05, 0) is 54.1 Å². The molecule has 0 aromatic heterocycles. The molecule has 0 amide bonds. The first-order valence-electron chi connectivity index (χ1n) is 12.4. The number of allylic oxidation sites excluding steroid dienone is 2. The molecule has 0 aliphatic heterocycles. The third-order valence-electron chi connectivity index (χ3n) is 6.32. The summed E-state index contributed by atoms with van der Waals surface area (Å²) in [5, 5.41) is 2.61. The molecule has 0 radical (unpaired) electrons. The molecule has 2 aromatic carbocycles. The lowest BCUT2D eigenvalue weighted by Gasteiger charge is -2.43. The molecule has 0 atom stereocenters. The minimum Gasteiger partial charge on any atom is -0.403 e. The Morgan fingerprint density at radius 3 is 1.91 bits per heavy atom. The summed E-state index contributed by atoms with van der Waals surface area (Å²) in [5.41, 5.74) is 2.63. The summed E-state index contributed by atoms with van der Waals surface area (Å²) < 4.78 is 7.08. The zero-order valence-electron chi connectivity index (χ0n) is 21.3. The van der Waals surface area contributed by atoms with E-state index in [1.165, 1.54) is 34.4 Å². The average Bonchev–Trinajstić information content (AvgIpc) is 2.81. The van der Waals surface area contributed by atoms with E-state index in [4.69, 9.17) is 4.43 Å². The minimum absolute atomic E-state index is 0.0190. The fraction of sp³-hybridized carbons (Fsp3) is 0.433. The van der Waals surface area contributed by atoms with E-state index in [9.17, 15) is 4.79 Å². The Hall–Kier alpha value is -2.23. The van der Waals surface area contributed by atoms with Crippen LogP contribution in [0.2, 0.25) is 5.04 Å². The highest BCUT2D eigenvalue weighted by molar-refractivity contribution is 6.99. The van der Waals surface area contributed by atoms with Crippen LogP contribution in [0.25, 0.3) is 0 Å². The van der Waals surface area contributed by atoms with Gasteiger partial charge in [-0.15, -0.1) is 0 Å². The first kappa shape index (κ1) is 27.0. The van der Waals surface area contributed by atoms with Gasteiger partial charge in [-0.2, -0.15) is 0 Å². The molecule has 0 aliphatic rings. The van der Waals surface area contributed by atoms with Gasteiger partial charge in [0, 0.05) is 6.42 Å². The number of hydrogen-bond donors (Lipinski definition) is 0. The normalized spacial score (nSPS) is 13.2. The molecule has 0 N–H and O–H groups in total. The Bertz CT molecular complexity index is 852. The number of rotatable bonds is 13. The van der Waals surface area contributed by atoms with Gasteiger partial charge in [-0.1, -0.05) is 112 Å². The molecule has 0 bridgehead atoms. The van der Waals surface area contributed by atoms with Crippen molar-refractivity contribution >= 4 is 25.0 Å². The maximum Gasteiger partial charge on any atom is 0.261 e. The molecule has 0 unspecified atom stereocenters. The number of unbranched alkanes of at least 4 members (excludes halogenated alkanes) is 4. The van der Waals surface area contributed by atoms with Gasteiger partial charge in [-0.3, -0.25) is 0 Å². The van der Waals surface area contributed by atoms with Gasteiger partial charge in [-0.25, -0.2) is 0 Å². The molecule has 0 saturated carbocycles. The lowest BCUT2D eigenvalue weighted by molar-refractivity contribution is -0.107. The third-order valence-corrected chi connectivity index (χ3v) is 11.3. The number of carbonyl (C=O) groups excluding carboxylic acids is 1. The molecule has 33 heavy (non-hydrogen) atoms. The van der Waals surface area contributed by atoms with E-state index in [1.54, 1.807) is 0 Å². The van der Waals surface area contributed by atoms with E-state index in [0.29, 0.717) is 13.0 Å². The molecule has 3 heteroatoms. The molecule has 2 nitrogen and oxygen atoms in total. The van der Waals surface area contributed by atoms with Crippen molar-refractivity contribution in [3.8, 4) is 0 Å². The second-order valence-electron chi connectivity index (χ2n) is 9.93. The zero-order valence-corrected chi connectivity index (χ0v) is 22.3. The van der Waals surface area contributed by atoms with Crippen molar-refractivity contribution in [2.24, 2.45) is 0 Å². The first-order chi connectivity index (χ1) is 15.8. The van der Waals surface area contributed by atoms with E-state index in [-0.39, 0.29) is 5.04 Å². The van der Waals surface area contributed by atoms with Gasteiger partial charge >= 0.3 is 0 Å². The highest BCUT2D eigenvalue weighted by atomic mass is 28.4. The summed E-state index contributed by atoms with van der Waals surface area (Å²) in [4.78, 5) is 10.5. The van der Waals surface area contributed by atoms with E-state index in [1.807, 2.05) is 0 Å². The van der Waals surface area contributed by atoms with Crippen LogP contribution >= 0.6 is 0 Å². The van der Waals surface area contributed by atoms with Crippen LogP contribution in [0.3, 0.4) is 0 Å². The standard InChI is InChI=1S/C30H42O2Si/c1-6-27(24-26(2)18-12-8-7-9-17-23-31)25-32-33(30(3,4)5,28-19-13-10-14-20-28)29-21-15-11-16-22-29/h6,10-11,13-16,19-24H,7-9,12,17-18,25H2,1-5H3/b26-24+,27-6-. The van der Waals surface area contributed by atoms with Crippen LogP contribution in [0.15, 0.2) is 84.0 Å². The van der Waals surface area contributed by atoms with Crippen molar-refractivity contribution in [3.05, 3.63) is 84.0 Å². The minimum atomic E-state index is -2.52. The van der Waals surface area contributed by atoms with Crippen LogP contribution in [0.1, 0.15) is 73.1 Å². The molecule has 2 rings (SSSR count). The van der Waals surface area contributed by atoms with Gasteiger partial charge in [0.25, 0.3) is 8.32 Å². The van der Waals surface area contributed by atoms with Gasteiger partial charge in [0.15, 0.2) is 0 Å². The fourth-order valence-electron chi connectivity index (χ4n) is 4.54. The lowest BCUT2D eigenvalue weighted by atomic mass is 10.0. The highest BCUT2D eigenvalue weighted by Crippen LogP contribution is 2.37. The predicted molar refractivity (Wildman–Crippen MR) is 145 cm³/mol. The first-order valence-corrected chi connectivity index (χ1v) is 14.3.